The molecular formula is C22H18ClNO. The van der Waals surface area contributed by atoms with E-state index in [4.69, 9.17) is 11.6 Å². The molecule has 0 N–H and O–H groups in total. The van der Waals surface area contributed by atoms with Gasteiger partial charge >= 0.3 is 0 Å². The van der Waals surface area contributed by atoms with Crippen LogP contribution in [0.5, 0.6) is 0 Å². The molecule has 1 heterocycles. The molecule has 1 aliphatic rings. The molecule has 0 saturated heterocycles. The second-order valence-electron chi connectivity index (χ2n) is 6.46. The summed E-state index contributed by atoms with van der Waals surface area (Å²) in [7, 11) is 0. The van der Waals surface area contributed by atoms with Crippen molar-refractivity contribution >= 4 is 17.5 Å². The molecule has 124 valence electrons. The molecule has 25 heavy (non-hydrogen) atoms. The highest BCUT2D eigenvalue weighted by Gasteiger charge is 2.37. The average molecular weight is 348 g/mol. The van der Waals surface area contributed by atoms with E-state index in [1.165, 1.54) is 5.56 Å². The van der Waals surface area contributed by atoms with Gasteiger partial charge in [-0.05, 0) is 41.8 Å². The predicted molar refractivity (Wildman–Crippen MR) is 101 cm³/mol. The first-order chi connectivity index (χ1) is 12.1. The summed E-state index contributed by atoms with van der Waals surface area (Å²) in [6.07, 6.45) is 0. The highest BCUT2D eigenvalue weighted by Crippen LogP contribution is 2.39. The number of benzene rings is 3. The zero-order chi connectivity index (χ0) is 17.4. The van der Waals surface area contributed by atoms with Crippen LogP contribution in [-0.2, 0) is 6.54 Å². The molecule has 1 aliphatic heterocycles. The number of hydrogen-bond donors (Lipinski definition) is 0. The van der Waals surface area contributed by atoms with Gasteiger partial charge in [-0.2, -0.15) is 0 Å². The van der Waals surface area contributed by atoms with Gasteiger partial charge in [0.05, 0.1) is 6.04 Å². The van der Waals surface area contributed by atoms with Crippen LogP contribution >= 0.6 is 11.6 Å². The monoisotopic (exact) mass is 347 g/mol. The topological polar surface area (TPSA) is 20.3 Å². The number of amides is 1. The molecule has 2 nitrogen and oxygen atoms in total. The number of halogens is 1. The molecule has 0 aliphatic carbocycles. The minimum atomic E-state index is -0.0812. The summed E-state index contributed by atoms with van der Waals surface area (Å²) in [5.74, 6) is 0.0797. The number of nitrogens with zero attached hydrogens (tertiary/aromatic N) is 1. The van der Waals surface area contributed by atoms with Gasteiger partial charge in [-0.15, -0.1) is 0 Å². The molecular weight excluding hydrogens is 330 g/mol. The Morgan fingerprint density at radius 3 is 2.32 bits per heavy atom. The Morgan fingerprint density at radius 1 is 0.920 bits per heavy atom. The standard InChI is InChI=1S/C22H18ClNO/c1-15-6-8-16(9-7-15)14-24-21(17-10-12-18(23)13-11-17)19-4-2-3-5-20(19)22(24)25/h2-13,21H,14H2,1H3. The molecule has 1 atom stereocenters. The van der Waals surface area contributed by atoms with E-state index in [1.807, 2.05) is 53.4 Å². The first-order valence-corrected chi connectivity index (χ1v) is 8.72. The van der Waals surface area contributed by atoms with Crippen LogP contribution in [-0.4, -0.2) is 10.8 Å². The van der Waals surface area contributed by atoms with Crippen LogP contribution in [0.3, 0.4) is 0 Å². The van der Waals surface area contributed by atoms with E-state index in [9.17, 15) is 4.79 Å². The van der Waals surface area contributed by atoms with E-state index in [1.54, 1.807) is 0 Å². The van der Waals surface area contributed by atoms with Crippen LogP contribution in [0.4, 0.5) is 0 Å². The Bertz CT molecular complexity index is 916. The quantitative estimate of drug-likeness (QED) is 0.621. The summed E-state index contributed by atoms with van der Waals surface area (Å²) in [5.41, 5.74) is 5.27. The summed E-state index contributed by atoms with van der Waals surface area (Å²) in [4.78, 5) is 15.0. The number of hydrogen-bond acceptors (Lipinski definition) is 1. The first kappa shape index (κ1) is 15.9. The lowest BCUT2D eigenvalue weighted by atomic mass is 9.98. The fourth-order valence-electron chi connectivity index (χ4n) is 3.43. The second kappa shape index (κ2) is 6.38. The van der Waals surface area contributed by atoms with Crippen molar-refractivity contribution in [2.45, 2.75) is 19.5 Å². The Morgan fingerprint density at radius 2 is 1.60 bits per heavy atom. The fraction of sp³-hybridized carbons (Fsp3) is 0.136. The Balaban J connectivity index is 1.76. The lowest BCUT2D eigenvalue weighted by Gasteiger charge is -2.26. The van der Waals surface area contributed by atoms with Crippen LogP contribution in [0.15, 0.2) is 72.8 Å². The van der Waals surface area contributed by atoms with Crippen LogP contribution in [0, 0.1) is 6.92 Å². The predicted octanol–water partition coefficient (Wildman–Crippen LogP) is 5.39. The molecule has 0 bridgehead atoms. The molecule has 0 saturated carbocycles. The van der Waals surface area contributed by atoms with E-state index >= 15 is 0 Å². The molecule has 0 radical (unpaired) electrons. The van der Waals surface area contributed by atoms with Crippen molar-refractivity contribution in [1.29, 1.82) is 0 Å². The number of fused-ring (bicyclic) bond motifs is 1. The maximum atomic E-state index is 13.0. The zero-order valence-corrected chi connectivity index (χ0v) is 14.7. The van der Waals surface area contributed by atoms with Crippen molar-refractivity contribution < 1.29 is 4.79 Å². The van der Waals surface area contributed by atoms with E-state index < -0.39 is 0 Å². The number of rotatable bonds is 3. The van der Waals surface area contributed by atoms with E-state index in [2.05, 4.69) is 31.2 Å². The third kappa shape index (κ3) is 2.94. The molecule has 4 rings (SSSR count). The third-order valence-corrected chi connectivity index (χ3v) is 4.97. The van der Waals surface area contributed by atoms with Crippen molar-refractivity contribution in [3.8, 4) is 0 Å². The Kier molecular flexibility index (Phi) is 4.06. The first-order valence-electron chi connectivity index (χ1n) is 8.34. The van der Waals surface area contributed by atoms with Gasteiger partial charge in [-0.3, -0.25) is 4.79 Å². The van der Waals surface area contributed by atoms with Gasteiger partial charge in [-0.25, -0.2) is 0 Å². The summed E-state index contributed by atoms with van der Waals surface area (Å²) in [6, 6.07) is 23.9. The lowest BCUT2D eigenvalue weighted by molar-refractivity contribution is 0.0736. The molecule has 3 aromatic carbocycles. The highest BCUT2D eigenvalue weighted by atomic mass is 35.5. The Labute approximate surface area is 152 Å². The number of aryl methyl sites for hydroxylation is 1. The zero-order valence-electron chi connectivity index (χ0n) is 13.9. The van der Waals surface area contributed by atoms with Crippen LogP contribution < -0.4 is 0 Å². The minimum absolute atomic E-state index is 0.0797. The second-order valence-corrected chi connectivity index (χ2v) is 6.90. The summed E-state index contributed by atoms with van der Waals surface area (Å²) < 4.78 is 0. The molecule has 0 fully saturated rings. The van der Waals surface area contributed by atoms with Gasteiger partial charge in [0.25, 0.3) is 5.91 Å². The number of carbonyl (C=O) groups excluding carboxylic acids is 1. The van der Waals surface area contributed by atoms with Gasteiger partial charge in [-0.1, -0.05) is 71.8 Å². The molecule has 0 aromatic heterocycles. The highest BCUT2D eigenvalue weighted by molar-refractivity contribution is 6.30. The van der Waals surface area contributed by atoms with Crippen LogP contribution in [0.1, 0.15) is 38.7 Å². The van der Waals surface area contributed by atoms with Gasteiger partial charge in [0.15, 0.2) is 0 Å². The minimum Gasteiger partial charge on any atom is -0.323 e. The lowest BCUT2D eigenvalue weighted by Crippen LogP contribution is -2.28. The molecule has 3 aromatic rings. The van der Waals surface area contributed by atoms with Gasteiger partial charge in [0.1, 0.15) is 0 Å². The SMILES string of the molecule is Cc1ccc(CN2C(=O)c3ccccc3C2c2ccc(Cl)cc2)cc1. The van der Waals surface area contributed by atoms with Gasteiger partial charge in [0.2, 0.25) is 0 Å². The normalized spacial score (nSPS) is 16.2. The Hall–Kier alpha value is -2.58. The van der Waals surface area contributed by atoms with Gasteiger partial charge in [0, 0.05) is 17.1 Å². The molecule has 1 amide bonds. The largest absolute Gasteiger partial charge is 0.323 e. The smallest absolute Gasteiger partial charge is 0.255 e. The van der Waals surface area contributed by atoms with Crippen LogP contribution in [0.25, 0.3) is 0 Å². The van der Waals surface area contributed by atoms with Crippen molar-refractivity contribution in [2.24, 2.45) is 0 Å². The maximum absolute atomic E-state index is 13.0. The fourth-order valence-corrected chi connectivity index (χ4v) is 3.55. The summed E-state index contributed by atoms with van der Waals surface area (Å²) in [6.45, 7) is 2.65. The average Bonchev–Trinajstić information content (AvgIpc) is 2.90. The number of carbonyl (C=O) groups is 1. The van der Waals surface area contributed by atoms with Crippen molar-refractivity contribution in [1.82, 2.24) is 4.90 Å². The van der Waals surface area contributed by atoms with Crippen molar-refractivity contribution in [3.63, 3.8) is 0 Å². The van der Waals surface area contributed by atoms with Crippen molar-refractivity contribution in [2.75, 3.05) is 0 Å². The van der Waals surface area contributed by atoms with E-state index in [-0.39, 0.29) is 11.9 Å². The molecule has 3 heteroatoms. The molecule has 0 spiro atoms. The van der Waals surface area contributed by atoms with E-state index in [0.29, 0.717) is 11.6 Å². The van der Waals surface area contributed by atoms with Crippen molar-refractivity contribution in [3.05, 3.63) is 106 Å². The molecule has 1 unspecified atom stereocenters. The summed E-state index contributed by atoms with van der Waals surface area (Å²) in [5, 5.41) is 0.700. The summed E-state index contributed by atoms with van der Waals surface area (Å²) >= 11 is 6.05. The third-order valence-electron chi connectivity index (χ3n) is 4.72. The maximum Gasteiger partial charge on any atom is 0.255 e. The van der Waals surface area contributed by atoms with E-state index in [0.717, 1.165) is 22.3 Å². The van der Waals surface area contributed by atoms with Gasteiger partial charge < -0.3 is 4.90 Å². The van der Waals surface area contributed by atoms with Crippen LogP contribution in [0.2, 0.25) is 5.02 Å².